The molecule has 148 valence electrons. The van der Waals surface area contributed by atoms with Gasteiger partial charge in [0.05, 0.1) is 19.8 Å². The van der Waals surface area contributed by atoms with Crippen LogP contribution in [0, 0.1) is 5.92 Å². The Labute approximate surface area is 163 Å². The average Bonchev–Trinajstić information content (AvgIpc) is 3.16. The van der Waals surface area contributed by atoms with Gasteiger partial charge in [-0.05, 0) is 48.6 Å². The Morgan fingerprint density at radius 2 is 1.68 bits per heavy atom. The molecule has 1 aliphatic heterocycles. The molecule has 0 spiro atoms. The van der Waals surface area contributed by atoms with E-state index in [1.54, 1.807) is 17.0 Å². The topological polar surface area (TPSA) is 96.3 Å². The van der Waals surface area contributed by atoms with Gasteiger partial charge in [0.15, 0.2) is 11.5 Å². The monoisotopic (exact) mass is 385 g/mol. The summed E-state index contributed by atoms with van der Waals surface area (Å²) in [6.07, 6.45) is 1.66. The number of aromatic hydroxyl groups is 1. The van der Waals surface area contributed by atoms with E-state index in [0.29, 0.717) is 24.6 Å². The first-order chi connectivity index (χ1) is 13.4. The van der Waals surface area contributed by atoms with Crippen molar-refractivity contribution < 1.29 is 29.3 Å². The zero-order valence-electron chi connectivity index (χ0n) is 15.8. The number of nitrogens with zero attached hydrogens (tertiary/aromatic N) is 1. The highest BCUT2D eigenvalue weighted by molar-refractivity contribution is 5.95. The summed E-state index contributed by atoms with van der Waals surface area (Å²) in [5.41, 5.74) is 1.72. The molecule has 1 amide bonds. The molecule has 0 bridgehead atoms. The number of phenols is 1. The first-order valence-electron chi connectivity index (χ1n) is 8.99. The number of benzene rings is 2. The number of aromatic carboxylic acids is 1. The average molecular weight is 385 g/mol. The summed E-state index contributed by atoms with van der Waals surface area (Å²) in [6, 6.07) is 9.87. The second-order valence-corrected chi connectivity index (χ2v) is 6.84. The molecule has 1 unspecified atom stereocenters. The van der Waals surface area contributed by atoms with Gasteiger partial charge in [-0.25, -0.2) is 4.79 Å². The van der Waals surface area contributed by atoms with Crippen molar-refractivity contribution in [2.75, 3.05) is 27.3 Å². The third kappa shape index (κ3) is 4.03. The molecule has 1 saturated heterocycles. The summed E-state index contributed by atoms with van der Waals surface area (Å²) in [7, 11) is 2.84. The molecule has 2 aromatic carbocycles. The number of carboxylic acid groups (broad SMARTS) is 1. The molecule has 1 atom stereocenters. The van der Waals surface area contributed by atoms with Gasteiger partial charge in [0.25, 0.3) is 5.91 Å². The van der Waals surface area contributed by atoms with Crippen molar-refractivity contribution in [3.63, 3.8) is 0 Å². The van der Waals surface area contributed by atoms with Gasteiger partial charge < -0.3 is 24.6 Å². The summed E-state index contributed by atoms with van der Waals surface area (Å²) >= 11 is 0. The van der Waals surface area contributed by atoms with Gasteiger partial charge in [0, 0.05) is 18.7 Å². The van der Waals surface area contributed by atoms with Crippen molar-refractivity contribution in [2.24, 2.45) is 5.92 Å². The number of amides is 1. The Morgan fingerprint density at radius 3 is 2.21 bits per heavy atom. The van der Waals surface area contributed by atoms with Crippen molar-refractivity contribution in [2.45, 2.75) is 12.8 Å². The molecular formula is C21H23NO6. The fourth-order valence-corrected chi connectivity index (χ4v) is 3.50. The molecule has 28 heavy (non-hydrogen) atoms. The summed E-state index contributed by atoms with van der Waals surface area (Å²) in [6.45, 7) is 1.26. The van der Waals surface area contributed by atoms with Crippen LogP contribution in [0.25, 0.3) is 0 Å². The second-order valence-electron chi connectivity index (χ2n) is 6.84. The molecule has 0 aliphatic carbocycles. The van der Waals surface area contributed by atoms with E-state index in [2.05, 4.69) is 0 Å². The summed E-state index contributed by atoms with van der Waals surface area (Å²) in [5.74, 6) is -0.524. The first kappa shape index (κ1) is 19.5. The molecular weight excluding hydrogens is 362 g/mol. The highest BCUT2D eigenvalue weighted by Crippen LogP contribution is 2.37. The van der Waals surface area contributed by atoms with Gasteiger partial charge in [0.1, 0.15) is 0 Å². The van der Waals surface area contributed by atoms with E-state index >= 15 is 0 Å². The highest BCUT2D eigenvalue weighted by Gasteiger charge is 2.28. The van der Waals surface area contributed by atoms with Crippen LogP contribution in [0.2, 0.25) is 0 Å². The molecule has 0 radical (unpaired) electrons. The van der Waals surface area contributed by atoms with Crippen LogP contribution in [-0.2, 0) is 6.42 Å². The van der Waals surface area contributed by atoms with Crippen LogP contribution in [0.3, 0.4) is 0 Å². The predicted molar refractivity (Wildman–Crippen MR) is 102 cm³/mol. The number of carbonyl (C=O) groups excluding carboxylic acids is 1. The number of carbonyl (C=O) groups is 2. The van der Waals surface area contributed by atoms with E-state index in [1.807, 2.05) is 12.1 Å². The number of methoxy groups -OCH3 is 2. The number of hydrogen-bond donors (Lipinski definition) is 2. The molecule has 1 aliphatic rings. The second kappa shape index (κ2) is 8.21. The Balaban J connectivity index is 1.68. The molecule has 1 heterocycles. The Bertz CT molecular complexity index is 852. The SMILES string of the molecule is COc1cc(C(=O)N2CCC(Cc3ccc(C(=O)O)cc3)C2)cc(OC)c1O. The van der Waals surface area contributed by atoms with Crippen LogP contribution in [0.15, 0.2) is 36.4 Å². The fraction of sp³-hybridized carbons (Fsp3) is 0.333. The third-order valence-electron chi connectivity index (χ3n) is 5.03. The molecule has 0 saturated carbocycles. The maximum absolute atomic E-state index is 12.9. The Kier molecular flexibility index (Phi) is 5.73. The van der Waals surface area contributed by atoms with E-state index in [1.165, 1.54) is 26.4 Å². The van der Waals surface area contributed by atoms with Crippen LogP contribution >= 0.6 is 0 Å². The smallest absolute Gasteiger partial charge is 0.335 e. The lowest BCUT2D eigenvalue weighted by Crippen LogP contribution is -2.29. The van der Waals surface area contributed by atoms with Crippen molar-refractivity contribution in [3.05, 3.63) is 53.1 Å². The van der Waals surface area contributed by atoms with Crippen LogP contribution in [-0.4, -0.2) is 54.3 Å². The quantitative estimate of drug-likeness (QED) is 0.794. The molecule has 7 nitrogen and oxygen atoms in total. The number of phenolic OH excluding ortho intramolecular Hbond substituents is 1. The van der Waals surface area contributed by atoms with E-state index in [0.717, 1.165) is 18.4 Å². The Morgan fingerprint density at radius 1 is 1.07 bits per heavy atom. The Hall–Kier alpha value is -3.22. The van der Waals surface area contributed by atoms with Gasteiger partial charge in [0.2, 0.25) is 5.75 Å². The van der Waals surface area contributed by atoms with Gasteiger partial charge >= 0.3 is 5.97 Å². The lowest BCUT2D eigenvalue weighted by atomic mass is 9.98. The largest absolute Gasteiger partial charge is 0.502 e. The molecule has 1 fully saturated rings. The summed E-state index contributed by atoms with van der Waals surface area (Å²) in [4.78, 5) is 25.6. The van der Waals surface area contributed by atoms with Crippen molar-refractivity contribution in [1.29, 1.82) is 0 Å². The number of hydrogen-bond acceptors (Lipinski definition) is 5. The third-order valence-corrected chi connectivity index (χ3v) is 5.03. The zero-order valence-corrected chi connectivity index (χ0v) is 15.8. The zero-order chi connectivity index (χ0) is 20.3. The normalized spacial score (nSPS) is 16.1. The van der Waals surface area contributed by atoms with Crippen molar-refractivity contribution >= 4 is 11.9 Å². The van der Waals surface area contributed by atoms with E-state index in [9.17, 15) is 14.7 Å². The van der Waals surface area contributed by atoms with Crippen LogP contribution < -0.4 is 9.47 Å². The molecule has 0 aromatic heterocycles. The molecule has 7 heteroatoms. The maximum atomic E-state index is 12.9. The first-order valence-corrected chi connectivity index (χ1v) is 8.99. The summed E-state index contributed by atoms with van der Waals surface area (Å²) in [5, 5.41) is 19.0. The minimum absolute atomic E-state index is 0.134. The molecule has 2 N–H and O–H groups in total. The minimum atomic E-state index is -0.941. The maximum Gasteiger partial charge on any atom is 0.335 e. The van der Waals surface area contributed by atoms with Crippen molar-refractivity contribution in [1.82, 2.24) is 4.90 Å². The lowest BCUT2D eigenvalue weighted by molar-refractivity contribution is 0.0696. The lowest BCUT2D eigenvalue weighted by Gasteiger charge is -2.18. The van der Waals surface area contributed by atoms with Crippen LogP contribution in [0.4, 0.5) is 0 Å². The van der Waals surface area contributed by atoms with Crippen LogP contribution in [0.5, 0.6) is 17.2 Å². The van der Waals surface area contributed by atoms with Gasteiger partial charge in [-0.1, -0.05) is 12.1 Å². The van der Waals surface area contributed by atoms with E-state index in [-0.39, 0.29) is 28.7 Å². The van der Waals surface area contributed by atoms with Gasteiger partial charge in [-0.3, -0.25) is 4.79 Å². The van der Waals surface area contributed by atoms with Gasteiger partial charge in [-0.15, -0.1) is 0 Å². The van der Waals surface area contributed by atoms with E-state index in [4.69, 9.17) is 14.6 Å². The predicted octanol–water partition coefficient (Wildman–Crippen LogP) is 2.81. The number of likely N-dealkylation sites (tertiary alicyclic amines) is 1. The minimum Gasteiger partial charge on any atom is -0.502 e. The number of ether oxygens (including phenoxy) is 2. The standard InChI is InChI=1S/C21H23NO6/c1-27-17-10-16(11-18(28-2)19(17)23)20(24)22-8-7-14(12-22)9-13-3-5-15(6-4-13)21(25)26/h3-6,10-11,14,23H,7-9,12H2,1-2H3,(H,25,26). The summed E-state index contributed by atoms with van der Waals surface area (Å²) < 4.78 is 10.2. The number of rotatable bonds is 6. The van der Waals surface area contributed by atoms with Crippen LogP contribution in [0.1, 0.15) is 32.7 Å². The van der Waals surface area contributed by atoms with Gasteiger partial charge in [-0.2, -0.15) is 0 Å². The highest BCUT2D eigenvalue weighted by atomic mass is 16.5. The molecule has 3 rings (SSSR count). The fourth-order valence-electron chi connectivity index (χ4n) is 3.50. The van der Waals surface area contributed by atoms with Crippen molar-refractivity contribution in [3.8, 4) is 17.2 Å². The van der Waals surface area contributed by atoms with E-state index < -0.39 is 5.97 Å². The number of carboxylic acids is 1. The molecule has 2 aromatic rings.